The van der Waals surface area contributed by atoms with Crippen molar-refractivity contribution in [3.05, 3.63) is 0 Å². The zero-order valence-electron chi connectivity index (χ0n) is 9.49. The molecule has 2 radical (unpaired) electrons. The Morgan fingerprint density at radius 3 is 2.27 bits per heavy atom. The number of nitrogens with one attached hydrogen (secondary N) is 1. The Bertz CT molecular complexity index is 231. The molecule has 0 aliphatic heterocycles. The molecule has 0 rings (SSSR count). The SMILES string of the molecule is [B]C(=O)N[C@@H](CCC)C(=O)C(O)C(C)C. The highest BCUT2D eigenvalue weighted by Crippen LogP contribution is 2.08. The van der Waals surface area contributed by atoms with Crippen LogP contribution in [0.4, 0.5) is 4.79 Å². The molecule has 2 atom stereocenters. The normalized spacial score (nSPS) is 14.7. The van der Waals surface area contributed by atoms with Gasteiger partial charge in [0.25, 0.3) is 0 Å². The summed E-state index contributed by atoms with van der Waals surface area (Å²) in [5.41, 5.74) is 0. The van der Waals surface area contributed by atoms with Crippen molar-refractivity contribution in [1.82, 2.24) is 5.32 Å². The smallest absolute Gasteiger partial charge is 0.200 e. The third-order valence-electron chi connectivity index (χ3n) is 2.16. The topological polar surface area (TPSA) is 66.4 Å². The lowest BCUT2D eigenvalue weighted by molar-refractivity contribution is -0.131. The molecule has 15 heavy (non-hydrogen) atoms. The van der Waals surface area contributed by atoms with E-state index in [9.17, 15) is 14.7 Å². The van der Waals surface area contributed by atoms with Crippen molar-refractivity contribution in [3.63, 3.8) is 0 Å². The molecule has 0 heterocycles. The van der Waals surface area contributed by atoms with E-state index in [-0.39, 0.29) is 11.7 Å². The summed E-state index contributed by atoms with van der Waals surface area (Å²) in [4.78, 5) is 22.3. The summed E-state index contributed by atoms with van der Waals surface area (Å²) in [5, 5.41) is 11.9. The summed E-state index contributed by atoms with van der Waals surface area (Å²) >= 11 is 0. The number of aliphatic hydroxyl groups excluding tert-OH is 1. The van der Waals surface area contributed by atoms with Crippen molar-refractivity contribution < 1.29 is 14.7 Å². The molecule has 0 bridgehead atoms. The molecule has 84 valence electrons. The van der Waals surface area contributed by atoms with Gasteiger partial charge in [0, 0.05) is 0 Å². The Morgan fingerprint density at radius 2 is 1.93 bits per heavy atom. The van der Waals surface area contributed by atoms with E-state index < -0.39 is 18.0 Å². The molecule has 0 aromatic heterocycles. The van der Waals surface area contributed by atoms with Crippen molar-refractivity contribution in [3.8, 4) is 0 Å². The van der Waals surface area contributed by atoms with Crippen LogP contribution in [-0.4, -0.2) is 36.7 Å². The number of carbonyl (C=O) groups excluding carboxylic acids is 2. The van der Waals surface area contributed by atoms with Gasteiger partial charge in [0.15, 0.2) is 11.6 Å². The zero-order chi connectivity index (χ0) is 12.0. The van der Waals surface area contributed by atoms with Crippen LogP contribution in [0.15, 0.2) is 0 Å². The number of aliphatic hydroxyl groups is 1. The van der Waals surface area contributed by atoms with Crippen molar-refractivity contribution in [2.45, 2.75) is 45.8 Å². The number of carbonyl (C=O) groups is 2. The van der Waals surface area contributed by atoms with Gasteiger partial charge in [0.1, 0.15) is 6.10 Å². The first kappa shape index (κ1) is 14.2. The number of hydrogen-bond acceptors (Lipinski definition) is 3. The van der Waals surface area contributed by atoms with Gasteiger partial charge in [-0.3, -0.25) is 9.59 Å². The lowest BCUT2D eigenvalue weighted by Gasteiger charge is -2.21. The standard InChI is InChI=1S/C10H18BNO3/c1-4-5-7(12-10(11)15)9(14)8(13)6(2)3/h6-8,13H,4-5H2,1-3H3,(H,12,15)/t7-,8?/m0/s1. The molecular formula is C10H18BNO3. The molecule has 4 nitrogen and oxygen atoms in total. The summed E-state index contributed by atoms with van der Waals surface area (Å²) in [6.45, 7) is 5.39. The Morgan fingerprint density at radius 1 is 1.40 bits per heavy atom. The molecule has 0 aliphatic rings. The summed E-state index contributed by atoms with van der Waals surface area (Å²) in [7, 11) is 4.95. The van der Waals surface area contributed by atoms with E-state index in [1.165, 1.54) is 0 Å². The average Bonchev–Trinajstić information content (AvgIpc) is 2.14. The minimum atomic E-state index is -1.05. The van der Waals surface area contributed by atoms with E-state index in [0.717, 1.165) is 6.42 Å². The first-order valence-electron chi connectivity index (χ1n) is 5.17. The van der Waals surface area contributed by atoms with E-state index in [1.807, 2.05) is 6.92 Å². The molecule has 0 saturated heterocycles. The molecule has 0 spiro atoms. The van der Waals surface area contributed by atoms with Crippen molar-refractivity contribution in [1.29, 1.82) is 0 Å². The second-order valence-corrected chi connectivity index (χ2v) is 3.94. The lowest BCUT2D eigenvalue weighted by atomic mass is 9.94. The summed E-state index contributed by atoms with van der Waals surface area (Å²) in [6, 6.07) is -0.676. The van der Waals surface area contributed by atoms with Gasteiger partial charge in [-0.2, -0.15) is 0 Å². The van der Waals surface area contributed by atoms with Gasteiger partial charge in [-0.05, 0) is 12.3 Å². The minimum Gasteiger partial charge on any atom is -0.385 e. The molecule has 1 unspecified atom stereocenters. The van der Waals surface area contributed by atoms with Crippen LogP contribution >= 0.6 is 0 Å². The Hall–Kier alpha value is -0.835. The first-order valence-corrected chi connectivity index (χ1v) is 5.17. The minimum absolute atomic E-state index is 0.161. The Labute approximate surface area is 91.8 Å². The second-order valence-electron chi connectivity index (χ2n) is 3.94. The van der Waals surface area contributed by atoms with Gasteiger partial charge < -0.3 is 10.4 Å². The highest BCUT2D eigenvalue weighted by atomic mass is 16.3. The molecule has 0 aliphatic carbocycles. The van der Waals surface area contributed by atoms with Crippen LogP contribution in [0.3, 0.4) is 0 Å². The van der Waals surface area contributed by atoms with Gasteiger partial charge in [-0.25, -0.2) is 0 Å². The lowest BCUT2D eigenvalue weighted by Crippen LogP contribution is -2.46. The van der Waals surface area contributed by atoms with E-state index in [0.29, 0.717) is 6.42 Å². The van der Waals surface area contributed by atoms with Gasteiger partial charge in [0.2, 0.25) is 7.85 Å². The second kappa shape index (κ2) is 6.61. The van der Waals surface area contributed by atoms with Gasteiger partial charge in [0.05, 0.1) is 6.04 Å². The summed E-state index contributed by atoms with van der Waals surface area (Å²) in [6.07, 6.45) is 0.181. The Balaban J connectivity index is 4.47. The van der Waals surface area contributed by atoms with Gasteiger partial charge in [-0.15, -0.1) is 0 Å². The number of hydrogen-bond donors (Lipinski definition) is 2. The first-order chi connectivity index (χ1) is 6.90. The maximum Gasteiger partial charge on any atom is 0.200 e. The van der Waals surface area contributed by atoms with Gasteiger partial charge in [-0.1, -0.05) is 27.2 Å². The fraction of sp³-hybridized carbons (Fsp3) is 0.800. The third-order valence-corrected chi connectivity index (χ3v) is 2.16. The molecule has 2 N–H and O–H groups in total. The molecule has 0 aromatic rings. The average molecular weight is 211 g/mol. The van der Waals surface area contributed by atoms with Crippen LogP contribution in [0, 0.1) is 5.92 Å². The fourth-order valence-corrected chi connectivity index (χ4v) is 1.28. The quantitative estimate of drug-likeness (QED) is 0.633. The molecule has 0 fully saturated rings. The predicted molar refractivity (Wildman–Crippen MR) is 58.8 cm³/mol. The maximum absolute atomic E-state index is 11.7. The van der Waals surface area contributed by atoms with Crippen molar-refractivity contribution in [2.75, 3.05) is 0 Å². The van der Waals surface area contributed by atoms with Crippen LogP contribution in [-0.2, 0) is 4.79 Å². The Kier molecular flexibility index (Phi) is 6.24. The van der Waals surface area contributed by atoms with Crippen molar-refractivity contribution in [2.24, 2.45) is 5.92 Å². The highest BCUT2D eigenvalue weighted by Gasteiger charge is 2.27. The van der Waals surface area contributed by atoms with E-state index in [4.69, 9.17) is 7.85 Å². The fourth-order valence-electron chi connectivity index (χ4n) is 1.28. The van der Waals surface area contributed by atoms with E-state index in [2.05, 4.69) is 5.32 Å². The molecule has 0 saturated carbocycles. The zero-order valence-corrected chi connectivity index (χ0v) is 9.49. The number of Topliss-reactive ketones (excluding diaryl/α,β-unsaturated/α-hetero) is 1. The molecule has 5 heteroatoms. The van der Waals surface area contributed by atoms with Gasteiger partial charge >= 0.3 is 0 Å². The maximum atomic E-state index is 11.7. The number of ketones is 1. The van der Waals surface area contributed by atoms with Crippen LogP contribution in [0.25, 0.3) is 0 Å². The third kappa shape index (κ3) is 4.97. The molecule has 0 aromatic carbocycles. The van der Waals surface area contributed by atoms with E-state index in [1.54, 1.807) is 13.8 Å². The molecular weight excluding hydrogens is 193 g/mol. The van der Waals surface area contributed by atoms with Crippen LogP contribution in [0.1, 0.15) is 33.6 Å². The van der Waals surface area contributed by atoms with Crippen molar-refractivity contribution >= 4 is 19.4 Å². The number of rotatable bonds is 6. The summed E-state index contributed by atoms with van der Waals surface area (Å²) < 4.78 is 0. The van der Waals surface area contributed by atoms with Crippen LogP contribution in [0.2, 0.25) is 0 Å². The predicted octanol–water partition coefficient (Wildman–Crippen LogP) is 0.619. The monoisotopic (exact) mass is 211 g/mol. The summed E-state index contributed by atoms with van der Waals surface area (Å²) in [5.74, 6) is -1.27. The van der Waals surface area contributed by atoms with E-state index >= 15 is 0 Å². The van der Waals surface area contributed by atoms with Crippen LogP contribution < -0.4 is 5.32 Å². The highest BCUT2D eigenvalue weighted by molar-refractivity contribution is 6.57. The number of amides is 1. The van der Waals surface area contributed by atoms with Crippen LogP contribution in [0.5, 0.6) is 0 Å². The largest absolute Gasteiger partial charge is 0.385 e. The molecule has 1 amide bonds.